The van der Waals surface area contributed by atoms with Gasteiger partial charge in [-0.25, -0.2) is 17.2 Å². The van der Waals surface area contributed by atoms with Crippen LogP contribution in [0.4, 0.5) is 35.1 Å². The number of hydrogen-bond acceptors (Lipinski definition) is 5. The molecule has 226 valence electrons. The first-order valence-corrected chi connectivity index (χ1v) is 14.7. The summed E-state index contributed by atoms with van der Waals surface area (Å²) in [4.78, 5) is 12.4. The van der Waals surface area contributed by atoms with Gasteiger partial charge in [0.05, 0.1) is 38.9 Å². The van der Waals surface area contributed by atoms with Crippen molar-refractivity contribution in [3.8, 4) is 27.8 Å². The maximum atomic E-state index is 14.5. The molecule has 0 saturated carbocycles. The monoisotopic (exact) mass is 646 g/mol. The Morgan fingerprint density at radius 3 is 2.21 bits per heavy atom. The first kappa shape index (κ1) is 31.9. The molecule has 0 aliphatic carbocycles. The van der Waals surface area contributed by atoms with E-state index in [0.717, 1.165) is 24.3 Å². The van der Waals surface area contributed by atoms with Gasteiger partial charge in [-0.3, -0.25) is 4.79 Å². The van der Waals surface area contributed by atoms with Crippen LogP contribution in [0, 0.1) is 23.0 Å². The molecular formula is C28H18F8N2O3S2. The van der Waals surface area contributed by atoms with Crippen molar-refractivity contribution in [2.45, 2.75) is 37.1 Å². The van der Waals surface area contributed by atoms with Crippen molar-refractivity contribution in [2.75, 3.05) is 5.75 Å². The molecule has 15 heteroatoms. The zero-order valence-electron chi connectivity index (χ0n) is 21.8. The maximum Gasteiger partial charge on any atom is 0.417 e. The van der Waals surface area contributed by atoms with E-state index in [4.69, 9.17) is 0 Å². The highest BCUT2D eigenvalue weighted by molar-refractivity contribution is 7.91. The second-order valence-electron chi connectivity index (χ2n) is 9.32. The zero-order valence-corrected chi connectivity index (χ0v) is 23.4. The summed E-state index contributed by atoms with van der Waals surface area (Å²) in [5.41, 5.74) is -6.55. The molecule has 43 heavy (non-hydrogen) atoms. The molecule has 4 rings (SSSR count). The highest BCUT2D eigenvalue weighted by Gasteiger charge is 2.37. The van der Waals surface area contributed by atoms with Gasteiger partial charge in [0.2, 0.25) is 0 Å². The largest absolute Gasteiger partial charge is 0.417 e. The molecule has 4 aromatic rings. The third kappa shape index (κ3) is 6.65. The van der Waals surface area contributed by atoms with E-state index in [1.54, 1.807) is 0 Å². The molecule has 0 amide bonds. The number of aromatic nitrogens is 1. The standard InChI is InChI=1S/C28H18F8N2O3S2/c1-2-5-43(40,41)20-7-16(6-18(9-20)27(31,32)33)17-8-25(42-14-17)24-11-22(28(34,35)36)21(12-37)26(39)38(24)13-15-3-4-19(29)10-23(15)30/h3-4,6-11,14H,2,5,13H2,1H3. The van der Waals surface area contributed by atoms with E-state index < -0.39 is 79.0 Å². The molecular weight excluding hydrogens is 628 g/mol. The van der Waals surface area contributed by atoms with E-state index in [1.807, 2.05) is 0 Å². The fourth-order valence-corrected chi connectivity index (χ4v) is 6.61. The molecule has 2 aromatic carbocycles. The molecule has 0 bridgehead atoms. The Morgan fingerprint density at radius 1 is 0.930 bits per heavy atom. The van der Waals surface area contributed by atoms with Gasteiger partial charge in [0, 0.05) is 11.6 Å². The van der Waals surface area contributed by atoms with Crippen molar-refractivity contribution < 1.29 is 43.5 Å². The van der Waals surface area contributed by atoms with Gasteiger partial charge < -0.3 is 4.57 Å². The Morgan fingerprint density at radius 2 is 1.63 bits per heavy atom. The van der Waals surface area contributed by atoms with Crippen LogP contribution in [0.5, 0.6) is 0 Å². The lowest BCUT2D eigenvalue weighted by molar-refractivity contribution is -0.138. The minimum atomic E-state index is -5.16. The fraction of sp³-hybridized carbons (Fsp3) is 0.214. The van der Waals surface area contributed by atoms with Crippen molar-refractivity contribution >= 4 is 21.2 Å². The topological polar surface area (TPSA) is 79.9 Å². The van der Waals surface area contributed by atoms with Crippen LogP contribution in [0.15, 0.2) is 63.6 Å². The molecule has 2 aromatic heterocycles. The van der Waals surface area contributed by atoms with E-state index in [2.05, 4.69) is 0 Å². The lowest BCUT2D eigenvalue weighted by atomic mass is 10.0. The second kappa shape index (κ2) is 11.6. The number of nitrogens with zero attached hydrogens (tertiary/aromatic N) is 2. The summed E-state index contributed by atoms with van der Waals surface area (Å²) in [6.45, 7) is 0.810. The number of hydrogen-bond donors (Lipinski definition) is 0. The van der Waals surface area contributed by atoms with Gasteiger partial charge in [-0.05, 0) is 59.3 Å². The Kier molecular flexibility index (Phi) is 8.58. The average Bonchev–Trinajstić information content (AvgIpc) is 3.39. The number of rotatable bonds is 7. The minimum Gasteiger partial charge on any atom is -0.302 e. The number of benzene rings is 2. The van der Waals surface area contributed by atoms with E-state index in [9.17, 15) is 53.6 Å². The van der Waals surface area contributed by atoms with Crippen molar-refractivity contribution in [2.24, 2.45) is 0 Å². The number of halogens is 8. The molecule has 0 unspecified atom stereocenters. The van der Waals surface area contributed by atoms with Crippen molar-refractivity contribution in [1.29, 1.82) is 5.26 Å². The average molecular weight is 647 g/mol. The Labute approximate surface area is 243 Å². The predicted octanol–water partition coefficient (Wildman–Crippen LogP) is 7.66. The smallest absolute Gasteiger partial charge is 0.302 e. The molecule has 0 radical (unpaired) electrons. The van der Waals surface area contributed by atoms with Gasteiger partial charge in [-0.15, -0.1) is 11.3 Å². The Hall–Kier alpha value is -4.03. The van der Waals surface area contributed by atoms with Crippen LogP contribution in [0.25, 0.3) is 21.7 Å². The van der Waals surface area contributed by atoms with E-state index in [-0.39, 0.29) is 28.0 Å². The van der Waals surface area contributed by atoms with E-state index >= 15 is 0 Å². The van der Waals surface area contributed by atoms with Crippen LogP contribution in [0.3, 0.4) is 0 Å². The number of pyridine rings is 1. The van der Waals surface area contributed by atoms with Crippen LogP contribution in [0.2, 0.25) is 0 Å². The van der Waals surface area contributed by atoms with Crippen molar-refractivity contribution in [3.63, 3.8) is 0 Å². The minimum absolute atomic E-state index is 0.0103. The normalized spacial score (nSPS) is 12.4. The number of nitriles is 1. The fourth-order valence-electron chi connectivity index (χ4n) is 4.28. The zero-order chi connectivity index (χ0) is 31.9. The number of sulfone groups is 1. The Balaban J connectivity index is 1.96. The van der Waals surface area contributed by atoms with Crippen LogP contribution >= 0.6 is 11.3 Å². The van der Waals surface area contributed by atoms with Crippen LogP contribution in [-0.4, -0.2) is 18.7 Å². The quantitative estimate of drug-likeness (QED) is 0.193. The first-order chi connectivity index (χ1) is 20.0. The van der Waals surface area contributed by atoms with Crippen LogP contribution in [-0.2, 0) is 28.7 Å². The van der Waals surface area contributed by atoms with E-state index in [0.29, 0.717) is 40.2 Å². The molecule has 0 atom stereocenters. The molecule has 2 heterocycles. The number of thiophene rings is 1. The summed E-state index contributed by atoms with van der Waals surface area (Å²) in [5, 5.41) is 10.6. The number of alkyl halides is 6. The third-order valence-corrected chi connectivity index (χ3v) is 9.16. The summed E-state index contributed by atoms with van der Waals surface area (Å²) in [6.07, 6.45) is -9.97. The molecule has 0 saturated heterocycles. The van der Waals surface area contributed by atoms with Gasteiger partial charge in [0.25, 0.3) is 5.56 Å². The first-order valence-electron chi connectivity index (χ1n) is 12.2. The molecule has 0 aliphatic rings. The predicted molar refractivity (Wildman–Crippen MR) is 142 cm³/mol. The van der Waals surface area contributed by atoms with Gasteiger partial charge in [-0.2, -0.15) is 31.6 Å². The third-order valence-electron chi connectivity index (χ3n) is 6.31. The molecule has 0 spiro atoms. The maximum absolute atomic E-state index is 14.5. The van der Waals surface area contributed by atoms with Gasteiger partial charge in [0.15, 0.2) is 9.84 Å². The summed E-state index contributed by atoms with van der Waals surface area (Å²) >= 11 is 0.713. The highest BCUT2D eigenvalue weighted by Crippen LogP contribution is 2.40. The lowest BCUT2D eigenvalue weighted by Gasteiger charge is -2.17. The summed E-state index contributed by atoms with van der Waals surface area (Å²) in [6, 6.07) is 7.35. The highest BCUT2D eigenvalue weighted by atomic mass is 32.2. The summed E-state index contributed by atoms with van der Waals surface area (Å²) < 4.78 is 136. The van der Waals surface area contributed by atoms with Gasteiger partial charge >= 0.3 is 12.4 Å². The van der Waals surface area contributed by atoms with E-state index in [1.165, 1.54) is 18.4 Å². The molecule has 5 nitrogen and oxygen atoms in total. The molecule has 0 N–H and O–H groups in total. The molecule has 0 fully saturated rings. The second-order valence-corrected chi connectivity index (χ2v) is 12.3. The lowest BCUT2D eigenvalue weighted by Crippen LogP contribution is -2.28. The SMILES string of the molecule is CCCS(=O)(=O)c1cc(-c2csc(-c3cc(C(F)(F)F)c(C#N)c(=O)n3Cc3ccc(F)cc3F)c2)cc(C(F)(F)F)c1. The summed E-state index contributed by atoms with van der Waals surface area (Å²) in [7, 11) is -4.11. The van der Waals surface area contributed by atoms with Crippen molar-refractivity contribution in [3.05, 3.63) is 98.2 Å². The van der Waals surface area contributed by atoms with Crippen molar-refractivity contribution in [1.82, 2.24) is 4.57 Å². The summed E-state index contributed by atoms with van der Waals surface area (Å²) in [5.74, 6) is -2.50. The van der Waals surface area contributed by atoms with Gasteiger partial charge in [0.1, 0.15) is 23.3 Å². The van der Waals surface area contributed by atoms with Crippen LogP contribution in [0.1, 0.15) is 35.6 Å². The van der Waals surface area contributed by atoms with Gasteiger partial charge in [-0.1, -0.05) is 13.0 Å². The Bertz CT molecular complexity index is 1920. The molecule has 0 aliphatic heterocycles. The van der Waals surface area contributed by atoms with Crippen LogP contribution < -0.4 is 5.56 Å².